The van der Waals surface area contributed by atoms with Gasteiger partial charge in [0.2, 0.25) is 11.0 Å². The van der Waals surface area contributed by atoms with Crippen LogP contribution < -0.4 is 11.1 Å². The molecule has 0 aliphatic heterocycles. The highest BCUT2D eigenvalue weighted by molar-refractivity contribution is 8.01. The van der Waals surface area contributed by atoms with Gasteiger partial charge in [0.05, 0.1) is 5.75 Å². The Morgan fingerprint density at radius 3 is 2.59 bits per heavy atom. The smallest absolute Gasteiger partial charge is 0.216 e. The molecule has 0 aliphatic carbocycles. The fourth-order valence-electron chi connectivity index (χ4n) is 1.73. The highest BCUT2D eigenvalue weighted by Crippen LogP contribution is 2.24. The van der Waals surface area contributed by atoms with Crippen molar-refractivity contribution >= 4 is 39.9 Å². The van der Waals surface area contributed by atoms with Gasteiger partial charge >= 0.3 is 0 Å². The summed E-state index contributed by atoms with van der Waals surface area (Å²) in [4.78, 5) is 22.9. The second-order valence-corrected chi connectivity index (χ2v) is 6.78. The molecule has 1 aromatic heterocycles. The Balaban J connectivity index is 1.83. The predicted octanol–water partition coefficient (Wildman–Crippen LogP) is 1.77. The van der Waals surface area contributed by atoms with Gasteiger partial charge in [-0.05, 0) is 12.0 Å². The number of nitrogens with zero attached hydrogens (tertiary/aromatic N) is 2. The van der Waals surface area contributed by atoms with Crippen LogP contribution in [0.15, 0.2) is 28.6 Å². The molecule has 1 amide bonds. The first-order chi connectivity index (χ1) is 10.5. The van der Waals surface area contributed by atoms with Crippen LogP contribution in [0.3, 0.4) is 0 Å². The van der Waals surface area contributed by atoms with E-state index in [0.29, 0.717) is 27.3 Å². The van der Waals surface area contributed by atoms with Crippen molar-refractivity contribution in [2.45, 2.75) is 17.7 Å². The van der Waals surface area contributed by atoms with Crippen molar-refractivity contribution in [2.75, 3.05) is 18.0 Å². The molecule has 3 N–H and O–H groups in total. The van der Waals surface area contributed by atoms with Crippen molar-refractivity contribution in [2.24, 2.45) is 0 Å². The number of carbonyl (C=O) groups excluding carboxylic acids is 2. The molecule has 0 saturated heterocycles. The molecule has 8 heteroatoms. The first kappa shape index (κ1) is 16.4. The van der Waals surface area contributed by atoms with Crippen LogP contribution in [0.1, 0.15) is 22.8 Å². The summed E-state index contributed by atoms with van der Waals surface area (Å²) in [5.41, 5.74) is 7.23. The zero-order valence-electron chi connectivity index (χ0n) is 12.0. The van der Waals surface area contributed by atoms with Gasteiger partial charge in [0, 0.05) is 19.0 Å². The zero-order chi connectivity index (χ0) is 15.9. The van der Waals surface area contributed by atoms with Crippen LogP contribution >= 0.6 is 23.1 Å². The van der Waals surface area contributed by atoms with E-state index in [4.69, 9.17) is 5.73 Å². The molecule has 2 aromatic rings. The number of amides is 1. The molecule has 1 aromatic carbocycles. The first-order valence-electron chi connectivity index (χ1n) is 6.63. The summed E-state index contributed by atoms with van der Waals surface area (Å²) >= 11 is 2.60. The van der Waals surface area contributed by atoms with Crippen molar-refractivity contribution in [3.63, 3.8) is 0 Å². The molecule has 0 spiro atoms. The number of rotatable bonds is 7. The Bertz CT molecular complexity index is 655. The molecule has 6 nitrogen and oxygen atoms in total. The molecule has 0 atom stereocenters. The van der Waals surface area contributed by atoms with Crippen LogP contribution in [0, 0.1) is 0 Å². The van der Waals surface area contributed by atoms with Crippen LogP contribution in [0.5, 0.6) is 0 Å². The lowest BCUT2D eigenvalue weighted by molar-refractivity contribution is -0.118. The van der Waals surface area contributed by atoms with E-state index in [9.17, 15) is 9.59 Å². The molecule has 22 heavy (non-hydrogen) atoms. The molecule has 0 fully saturated rings. The Morgan fingerprint density at radius 2 is 2.00 bits per heavy atom. The third-order valence-corrected chi connectivity index (χ3v) is 4.70. The molecule has 0 unspecified atom stereocenters. The summed E-state index contributed by atoms with van der Waals surface area (Å²) in [5.74, 6) is 0.299. The molecular weight excluding hydrogens is 320 g/mol. The standard InChI is InChI=1S/C14H16N4O2S2/c1-9(19)16-7-6-10-2-4-11(5-3-10)12(20)8-21-14-18-17-13(15)22-14/h2-5H,6-8H2,1H3,(H2,15,17)(H,16,19). The third kappa shape index (κ3) is 5.12. The number of ketones is 1. The van der Waals surface area contributed by atoms with Gasteiger partial charge < -0.3 is 11.1 Å². The number of nitrogen functional groups attached to an aromatic ring is 1. The largest absolute Gasteiger partial charge is 0.374 e. The van der Waals surface area contributed by atoms with Crippen LogP contribution in [-0.4, -0.2) is 34.2 Å². The number of carbonyl (C=O) groups is 2. The monoisotopic (exact) mass is 336 g/mol. The van der Waals surface area contributed by atoms with E-state index in [0.717, 1.165) is 12.0 Å². The maximum absolute atomic E-state index is 12.1. The lowest BCUT2D eigenvalue weighted by atomic mass is 10.1. The number of benzene rings is 1. The SMILES string of the molecule is CC(=O)NCCc1ccc(C(=O)CSc2nnc(N)s2)cc1. The molecule has 116 valence electrons. The van der Waals surface area contributed by atoms with Crippen molar-refractivity contribution < 1.29 is 9.59 Å². The minimum Gasteiger partial charge on any atom is -0.374 e. The quantitative estimate of drug-likeness (QED) is 0.591. The van der Waals surface area contributed by atoms with E-state index in [1.54, 1.807) is 12.1 Å². The number of aromatic nitrogens is 2. The summed E-state index contributed by atoms with van der Waals surface area (Å²) in [6.45, 7) is 2.09. The van der Waals surface area contributed by atoms with Crippen LogP contribution in [-0.2, 0) is 11.2 Å². The van der Waals surface area contributed by atoms with Gasteiger partial charge in [-0.1, -0.05) is 47.4 Å². The average molecular weight is 336 g/mol. The van der Waals surface area contributed by atoms with Crippen molar-refractivity contribution in [1.29, 1.82) is 0 Å². The second-order valence-electron chi connectivity index (χ2n) is 4.55. The van der Waals surface area contributed by atoms with Gasteiger partial charge in [-0.3, -0.25) is 9.59 Å². The van der Waals surface area contributed by atoms with E-state index in [1.165, 1.54) is 30.0 Å². The number of anilines is 1. The molecule has 0 aliphatic rings. The molecule has 1 heterocycles. The van der Waals surface area contributed by atoms with E-state index in [1.807, 2.05) is 12.1 Å². The number of hydrogen-bond acceptors (Lipinski definition) is 7. The summed E-state index contributed by atoms with van der Waals surface area (Å²) in [5, 5.41) is 10.7. The zero-order valence-corrected chi connectivity index (χ0v) is 13.7. The Kier molecular flexibility index (Phi) is 5.91. The van der Waals surface area contributed by atoms with Crippen molar-refractivity contribution in [3.8, 4) is 0 Å². The normalized spacial score (nSPS) is 10.4. The highest BCUT2D eigenvalue weighted by Gasteiger charge is 2.09. The lowest BCUT2D eigenvalue weighted by Gasteiger charge is -2.04. The summed E-state index contributed by atoms with van der Waals surface area (Å²) in [7, 11) is 0. The summed E-state index contributed by atoms with van der Waals surface area (Å²) < 4.78 is 0.692. The van der Waals surface area contributed by atoms with Crippen LogP contribution in [0.25, 0.3) is 0 Å². The van der Waals surface area contributed by atoms with Gasteiger partial charge in [0.1, 0.15) is 0 Å². The number of thioether (sulfide) groups is 1. The molecule has 0 radical (unpaired) electrons. The number of hydrogen-bond donors (Lipinski definition) is 2. The summed E-state index contributed by atoms with van der Waals surface area (Å²) in [6, 6.07) is 7.42. The highest BCUT2D eigenvalue weighted by atomic mass is 32.2. The molecule has 0 saturated carbocycles. The van der Waals surface area contributed by atoms with E-state index < -0.39 is 0 Å². The topological polar surface area (TPSA) is 98.0 Å². The number of Topliss-reactive ketones (excluding diaryl/α,β-unsaturated/α-hetero) is 1. The summed E-state index contributed by atoms with van der Waals surface area (Å²) in [6.07, 6.45) is 0.743. The lowest BCUT2D eigenvalue weighted by Crippen LogP contribution is -2.22. The fourth-order valence-corrected chi connectivity index (χ4v) is 3.26. The maximum Gasteiger partial charge on any atom is 0.216 e. The first-order valence-corrected chi connectivity index (χ1v) is 8.43. The van der Waals surface area contributed by atoms with E-state index in [2.05, 4.69) is 15.5 Å². The third-order valence-electron chi connectivity index (χ3n) is 2.81. The van der Waals surface area contributed by atoms with E-state index in [-0.39, 0.29) is 11.7 Å². The Labute approximate surface area is 136 Å². The van der Waals surface area contributed by atoms with E-state index >= 15 is 0 Å². The number of nitrogens with two attached hydrogens (primary N) is 1. The number of nitrogens with one attached hydrogen (secondary N) is 1. The average Bonchev–Trinajstić information content (AvgIpc) is 2.91. The van der Waals surface area contributed by atoms with Crippen molar-refractivity contribution in [3.05, 3.63) is 35.4 Å². The van der Waals surface area contributed by atoms with Crippen molar-refractivity contribution in [1.82, 2.24) is 15.5 Å². The van der Waals surface area contributed by atoms with Crippen LogP contribution in [0.2, 0.25) is 0 Å². The molecule has 2 rings (SSSR count). The van der Waals surface area contributed by atoms with Gasteiger partial charge in [-0.15, -0.1) is 10.2 Å². The predicted molar refractivity (Wildman–Crippen MR) is 88.2 cm³/mol. The second kappa shape index (κ2) is 7.90. The van der Waals surface area contributed by atoms with Gasteiger partial charge in [0.15, 0.2) is 10.1 Å². The fraction of sp³-hybridized carbons (Fsp3) is 0.286. The molecule has 0 bridgehead atoms. The van der Waals surface area contributed by atoms with Gasteiger partial charge in [-0.25, -0.2) is 0 Å². The minimum atomic E-state index is -0.0406. The van der Waals surface area contributed by atoms with Crippen LogP contribution in [0.4, 0.5) is 5.13 Å². The minimum absolute atomic E-state index is 0.0344. The van der Waals surface area contributed by atoms with Gasteiger partial charge in [-0.2, -0.15) is 0 Å². The Hall–Kier alpha value is -1.93. The molecular formula is C14H16N4O2S2. The Morgan fingerprint density at radius 1 is 1.27 bits per heavy atom. The van der Waals surface area contributed by atoms with Gasteiger partial charge in [0.25, 0.3) is 0 Å². The maximum atomic E-state index is 12.1.